The fraction of sp³-hybridized carbons (Fsp3) is 0.438. The van der Waals surface area contributed by atoms with Crippen LogP contribution >= 0.6 is 0 Å². The Morgan fingerprint density at radius 1 is 1.35 bits per heavy atom. The van der Waals surface area contributed by atoms with E-state index in [1.165, 1.54) is 13.2 Å². The zero-order valence-corrected chi connectivity index (χ0v) is 14.1. The van der Waals surface area contributed by atoms with Gasteiger partial charge in [0.05, 0.1) is 18.2 Å². The van der Waals surface area contributed by atoms with Gasteiger partial charge in [0.2, 0.25) is 5.75 Å². The summed E-state index contributed by atoms with van der Waals surface area (Å²) in [7, 11) is 1.25. The first-order valence-corrected chi connectivity index (χ1v) is 8.14. The van der Waals surface area contributed by atoms with Crippen LogP contribution in [-0.2, 0) is 4.79 Å². The number of nitrogens with one attached hydrogen (secondary N) is 1. The van der Waals surface area contributed by atoms with E-state index < -0.39 is 33.8 Å². The van der Waals surface area contributed by atoms with E-state index in [9.17, 15) is 24.8 Å². The Morgan fingerprint density at radius 2 is 2.04 bits per heavy atom. The van der Waals surface area contributed by atoms with Gasteiger partial charge in [0.1, 0.15) is 5.54 Å². The number of amides is 3. The van der Waals surface area contributed by atoms with Crippen molar-refractivity contribution in [3.8, 4) is 11.5 Å². The third-order valence-electron chi connectivity index (χ3n) is 4.66. The van der Waals surface area contributed by atoms with Crippen LogP contribution in [0.2, 0.25) is 0 Å². The van der Waals surface area contributed by atoms with Crippen molar-refractivity contribution >= 4 is 23.8 Å². The maximum atomic E-state index is 12.6. The largest absolute Gasteiger partial charge is 0.500 e. The van der Waals surface area contributed by atoms with Crippen LogP contribution in [0.1, 0.15) is 37.7 Å². The van der Waals surface area contributed by atoms with Crippen molar-refractivity contribution in [1.82, 2.24) is 10.3 Å². The number of benzene rings is 1. The van der Waals surface area contributed by atoms with Crippen LogP contribution in [0.4, 0.5) is 10.5 Å². The first-order valence-electron chi connectivity index (χ1n) is 8.14. The predicted molar refractivity (Wildman–Crippen MR) is 90.1 cm³/mol. The molecule has 1 aromatic rings. The predicted octanol–water partition coefficient (Wildman–Crippen LogP) is 1.90. The molecule has 10 nitrogen and oxygen atoms in total. The highest BCUT2D eigenvalue weighted by Crippen LogP contribution is 2.37. The van der Waals surface area contributed by atoms with Gasteiger partial charge in [0, 0.05) is 11.6 Å². The van der Waals surface area contributed by atoms with Crippen LogP contribution < -0.4 is 10.1 Å². The molecular weight excluding hydrogens is 344 g/mol. The Bertz CT molecular complexity index is 800. The van der Waals surface area contributed by atoms with E-state index >= 15 is 0 Å². The van der Waals surface area contributed by atoms with Gasteiger partial charge in [-0.2, -0.15) is 5.10 Å². The first-order chi connectivity index (χ1) is 12.4. The molecule has 0 unspecified atom stereocenters. The molecule has 10 heteroatoms. The summed E-state index contributed by atoms with van der Waals surface area (Å²) in [5, 5.41) is 28.2. The normalized spacial score (nSPS) is 19.2. The van der Waals surface area contributed by atoms with Crippen molar-refractivity contribution in [2.24, 2.45) is 5.10 Å². The molecule has 2 aliphatic rings. The summed E-state index contributed by atoms with van der Waals surface area (Å²) in [6.07, 6.45) is 5.01. The van der Waals surface area contributed by atoms with Gasteiger partial charge in [-0.05, 0) is 18.9 Å². The Hall–Kier alpha value is -3.17. The summed E-state index contributed by atoms with van der Waals surface area (Å²) in [6, 6.07) is 1.78. The molecule has 0 bridgehead atoms. The number of rotatable bonds is 4. The molecule has 1 aliphatic carbocycles. The summed E-state index contributed by atoms with van der Waals surface area (Å²) < 4.78 is 4.90. The number of ether oxygens (including phenoxy) is 1. The van der Waals surface area contributed by atoms with E-state index in [2.05, 4.69) is 10.4 Å². The molecule has 138 valence electrons. The van der Waals surface area contributed by atoms with E-state index in [0.717, 1.165) is 36.6 Å². The fourth-order valence-electron chi connectivity index (χ4n) is 3.31. The van der Waals surface area contributed by atoms with Gasteiger partial charge in [-0.1, -0.05) is 19.3 Å². The van der Waals surface area contributed by atoms with E-state index in [1.807, 2.05) is 0 Å². The van der Waals surface area contributed by atoms with Crippen LogP contribution in [0.25, 0.3) is 0 Å². The van der Waals surface area contributed by atoms with Crippen molar-refractivity contribution in [1.29, 1.82) is 0 Å². The topological polar surface area (TPSA) is 134 Å². The summed E-state index contributed by atoms with van der Waals surface area (Å²) in [4.78, 5) is 35.0. The third kappa shape index (κ3) is 2.93. The average molecular weight is 362 g/mol. The molecule has 0 radical (unpaired) electrons. The number of phenolic OH excluding ortho intramolecular Hbond substituents is 1. The zero-order valence-electron chi connectivity index (χ0n) is 14.1. The fourth-order valence-corrected chi connectivity index (χ4v) is 3.31. The lowest BCUT2D eigenvalue weighted by atomic mass is 9.82. The van der Waals surface area contributed by atoms with Crippen LogP contribution in [0.15, 0.2) is 17.2 Å². The number of aromatic hydroxyl groups is 1. The monoisotopic (exact) mass is 362 g/mol. The van der Waals surface area contributed by atoms with Crippen LogP contribution in [0.3, 0.4) is 0 Å². The minimum atomic E-state index is -0.898. The molecule has 2 fully saturated rings. The number of carbonyl (C=O) groups is 2. The molecule has 3 rings (SSSR count). The standard InChI is InChI=1S/C16H18N4O6/c1-26-12-8-10(7-11(13(12)21)20(24)25)9-17-19-14(22)16(18-15(19)23)5-3-2-4-6-16/h7-9,21H,2-6H2,1H3,(H,18,23)/b17-9+. The zero-order chi connectivity index (χ0) is 18.9. The van der Waals surface area contributed by atoms with Crippen molar-refractivity contribution in [3.05, 3.63) is 27.8 Å². The lowest BCUT2D eigenvalue weighted by Crippen LogP contribution is -2.48. The van der Waals surface area contributed by atoms with Crippen molar-refractivity contribution in [2.75, 3.05) is 7.11 Å². The van der Waals surface area contributed by atoms with Crippen LogP contribution in [0, 0.1) is 10.1 Å². The summed E-state index contributed by atoms with van der Waals surface area (Å²) in [5.74, 6) is -1.13. The number of hydrogen-bond donors (Lipinski definition) is 2. The van der Waals surface area contributed by atoms with Gasteiger partial charge in [0.25, 0.3) is 5.91 Å². The first kappa shape index (κ1) is 17.6. The number of hydrogen-bond acceptors (Lipinski definition) is 7. The van der Waals surface area contributed by atoms with Crippen molar-refractivity contribution < 1.29 is 24.4 Å². The Balaban J connectivity index is 1.88. The average Bonchev–Trinajstić information content (AvgIpc) is 2.84. The second kappa shape index (κ2) is 6.62. The second-order valence-electron chi connectivity index (χ2n) is 6.28. The maximum absolute atomic E-state index is 12.6. The number of phenols is 1. The highest BCUT2D eigenvalue weighted by atomic mass is 16.6. The highest BCUT2D eigenvalue weighted by Gasteiger charge is 2.51. The van der Waals surface area contributed by atoms with Crippen molar-refractivity contribution in [2.45, 2.75) is 37.6 Å². The molecule has 0 atom stereocenters. The molecule has 1 saturated heterocycles. The molecule has 1 aliphatic heterocycles. The number of hydrazone groups is 1. The molecule has 0 aromatic heterocycles. The lowest BCUT2D eigenvalue weighted by Gasteiger charge is -2.29. The quantitative estimate of drug-likeness (QED) is 0.363. The van der Waals surface area contributed by atoms with Gasteiger partial charge in [0.15, 0.2) is 5.75 Å². The minimum absolute atomic E-state index is 0.110. The Kier molecular flexibility index (Phi) is 4.49. The van der Waals surface area contributed by atoms with Crippen LogP contribution in [-0.4, -0.2) is 45.8 Å². The number of nitro benzene ring substituents is 1. The van der Waals surface area contributed by atoms with Gasteiger partial charge in [-0.15, -0.1) is 5.01 Å². The van der Waals surface area contributed by atoms with E-state index in [-0.39, 0.29) is 11.3 Å². The number of methoxy groups -OCH3 is 1. The number of imide groups is 1. The van der Waals surface area contributed by atoms with Crippen LogP contribution in [0.5, 0.6) is 11.5 Å². The minimum Gasteiger partial charge on any atom is -0.500 e. The molecular formula is C16H18N4O6. The lowest BCUT2D eigenvalue weighted by molar-refractivity contribution is -0.386. The summed E-state index contributed by atoms with van der Waals surface area (Å²) >= 11 is 0. The van der Waals surface area contributed by atoms with Gasteiger partial charge in [-0.3, -0.25) is 14.9 Å². The van der Waals surface area contributed by atoms with E-state index in [0.29, 0.717) is 12.8 Å². The molecule has 1 saturated carbocycles. The molecule has 1 spiro atoms. The molecule has 26 heavy (non-hydrogen) atoms. The summed E-state index contributed by atoms with van der Waals surface area (Å²) in [5.41, 5.74) is -1.26. The smallest absolute Gasteiger partial charge is 0.346 e. The van der Waals surface area contributed by atoms with Gasteiger partial charge in [-0.25, -0.2) is 4.79 Å². The number of nitro groups is 1. The number of urea groups is 1. The molecule has 3 amide bonds. The van der Waals surface area contributed by atoms with E-state index in [4.69, 9.17) is 4.74 Å². The van der Waals surface area contributed by atoms with E-state index in [1.54, 1.807) is 0 Å². The number of nitrogens with zero attached hydrogens (tertiary/aromatic N) is 3. The number of carbonyl (C=O) groups excluding carboxylic acids is 2. The highest BCUT2D eigenvalue weighted by molar-refractivity contribution is 6.07. The SMILES string of the molecule is COc1cc(/C=N/N2C(=O)NC3(CCCCC3)C2=O)cc([N+](=O)[O-])c1O. The maximum Gasteiger partial charge on any atom is 0.346 e. The second-order valence-corrected chi connectivity index (χ2v) is 6.28. The third-order valence-corrected chi connectivity index (χ3v) is 4.66. The summed E-state index contributed by atoms with van der Waals surface area (Å²) in [6.45, 7) is 0. The van der Waals surface area contributed by atoms with Crippen molar-refractivity contribution in [3.63, 3.8) is 0 Å². The Morgan fingerprint density at radius 3 is 2.65 bits per heavy atom. The molecule has 2 N–H and O–H groups in total. The molecule has 1 heterocycles. The van der Waals surface area contributed by atoms with Gasteiger partial charge < -0.3 is 15.2 Å². The Labute approximate surface area is 148 Å². The van der Waals surface area contributed by atoms with Gasteiger partial charge >= 0.3 is 11.7 Å². The molecule has 1 aromatic carbocycles.